The summed E-state index contributed by atoms with van der Waals surface area (Å²) in [5.41, 5.74) is 0.391. The van der Waals surface area contributed by atoms with Gasteiger partial charge in [0.25, 0.3) is 5.79 Å². The third-order valence-corrected chi connectivity index (χ3v) is 4.91. The van der Waals surface area contributed by atoms with Crippen LogP contribution < -0.4 is 14.8 Å². The van der Waals surface area contributed by atoms with Crippen LogP contribution in [0.15, 0.2) is 18.2 Å². The highest BCUT2D eigenvalue weighted by Crippen LogP contribution is 2.46. The third kappa shape index (κ3) is 2.79. The van der Waals surface area contributed by atoms with Crippen LogP contribution in [0.2, 0.25) is 0 Å². The Morgan fingerprint density at radius 1 is 1.18 bits per heavy atom. The van der Waals surface area contributed by atoms with Gasteiger partial charge in [-0.1, -0.05) is 27.2 Å². The molecule has 2 aliphatic rings. The Kier molecular flexibility index (Phi) is 3.79. The predicted molar refractivity (Wildman–Crippen MR) is 86.2 cm³/mol. The van der Waals surface area contributed by atoms with Crippen LogP contribution in [0, 0.1) is 5.41 Å². The molecule has 1 spiro atoms. The van der Waals surface area contributed by atoms with E-state index in [-0.39, 0.29) is 11.3 Å². The molecular weight excluding hydrogens is 278 g/mol. The molecule has 120 valence electrons. The van der Waals surface area contributed by atoms with E-state index in [9.17, 15) is 4.79 Å². The molecule has 0 aromatic heterocycles. The smallest absolute Gasteiger partial charge is 0.251 e. The van der Waals surface area contributed by atoms with Crippen molar-refractivity contribution in [3.8, 4) is 11.5 Å². The summed E-state index contributed by atoms with van der Waals surface area (Å²) in [5.74, 6) is 1.09. The maximum Gasteiger partial charge on any atom is 0.251 e. The first-order valence-corrected chi connectivity index (χ1v) is 8.28. The standard InChI is InChI=1S/C18H25NO3/c1-4-17(2,3)16(20)19-13-8-9-14-15(12-13)22-18(21-14)10-6-5-7-11-18/h8-9,12H,4-7,10-11H2,1-3H3,(H,19,20). The molecule has 0 atom stereocenters. The van der Waals surface area contributed by atoms with Crippen LogP contribution in [0.25, 0.3) is 0 Å². The predicted octanol–water partition coefficient (Wildman–Crippen LogP) is 4.49. The molecule has 1 heterocycles. The van der Waals surface area contributed by atoms with Gasteiger partial charge in [-0.15, -0.1) is 0 Å². The van der Waals surface area contributed by atoms with Crippen molar-refractivity contribution in [3.05, 3.63) is 18.2 Å². The van der Waals surface area contributed by atoms with E-state index in [1.165, 1.54) is 6.42 Å². The maximum absolute atomic E-state index is 12.3. The van der Waals surface area contributed by atoms with Crippen molar-refractivity contribution in [1.82, 2.24) is 0 Å². The topological polar surface area (TPSA) is 47.6 Å². The number of benzene rings is 1. The zero-order valence-corrected chi connectivity index (χ0v) is 13.7. The molecular formula is C18H25NO3. The minimum absolute atomic E-state index is 0.0289. The van der Waals surface area contributed by atoms with Gasteiger partial charge in [0.05, 0.1) is 0 Å². The van der Waals surface area contributed by atoms with Gasteiger partial charge in [0.1, 0.15) is 0 Å². The van der Waals surface area contributed by atoms with Crippen LogP contribution in [0.5, 0.6) is 11.5 Å². The molecule has 3 rings (SSSR count). The van der Waals surface area contributed by atoms with Crippen molar-refractivity contribution in [1.29, 1.82) is 0 Å². The van der Waals surface area contributed by atoms with Gasteiger partial charge in [-0.25, -0.2) is 0 Å². The summed E-state index contributed by atoms with van der Waals surface area (Å²) in [6.07, 6.45) is 6.20. The summed E-state index contributed by atoms with van der Waals surface area (Å²) < 4.78 is 12.1. The first-order chi connectivity index (χ1) is 10.4. The van der Waals surface area contributed by atoms with E-state index >= 15 is 0 Å². The Morgan fingerprint density at radius 2 is 1.86 bits per heavy atom. The lowest BCUT2D eigenvalue weighted by Crippen LogP contribution is -2.40. The summed E-state index contributed by atoms with van der Waals surface area (Å²) in [5, 5.41) is 2.98. The van der Waals surface area contributed by atoms with Gasteiger partial charge in [-0.2, -0.15) is 0 Å². The van der Waals surface area contributed by atoms with Crippen molar-refractivity contribution in [2.75, 3.05) is 5.32 Å². The number of hydrogen-bond donors (Lipinski definition) is 1. The molecule has 1 aromatic carbocycles. The Morgan fingerprint density at radius 3 is 2.55 bits per heavy atom. The molecule has 1 aromatic rings. The van der Waals surface area contributed by atoms with Crippen LogP contribution in [-0.2, 0) is 4.79 Å². The van der Waals surface area contributed by atoms with Crippen LogP contribution in [0.3, 0.4) is 0 Å². The molecule has 1 N–H and O–H groups in total. The maximum atomic E-state index is 12.3. The van der Waals surface area contributed by atoms with Crippen molar-refractivity contribution < 1.29 is 14.3 Å². The zero-order valence-electron chi connectivity index (χ0n) is 13.7. The average Bonchev–Trinajstić information content (AvgIpc) is 2.84. The average molecular weight is 303 g/mol. The van der Waals surface area contributed by atoms with Crippen LogP contribution in [0.4, 0.5) is 5.69 Å². The summed E-state index contributed by atoms with van der Waals surface area (Å²) >= 11 is 0. The Labute approximate surface area is 132 Å². The molecule has 0 bridgehead atoms. The van der Waals surface area contributed by atoms with E-state index < -0.39 is 5.79 Å². The third-order valence-electron chi connectivity index (χ3n) is 4.91. The summed E-state index contributed by atoms with van der Waals surface area (Å²) in [6, 6.07) is 5.66. The molecule has 0 saturated heterocycles. The molecule has 0 radical (unpaired) electrons. The lowest BCUT2D eigenvalue weighted by Gasteiger charge is -2.31. The van der Waals surface area contributed by atoms with Crippen LogP contribution in [-0.4, -0.2) is 11.7 Å². The molecule has 4 nitrogen and oxygen atoms in total. The number of amides is 1. The first-order valence-electron chi connectivity index (χ1n) is 8.28. The second kappa shape index (κ2) is 5.49. The molecule has 1 fully saturated rings. The molecule has 1 aliphatic carbocycles. The summed E-state index contributed by atoms with van der Waals surface area (Å²) in [7, 11) is 0. The normalized spacial score (nSPS) is 19.2. The molecule has 1 saturated carbocycles. The second-order valence-corrected chi connectivity index (χ2v) is 7.03. The Balaban J connectivity index is 1.74. The van der Waals surface area contributed by atoms with Gasteiger partial charge in [-0.3, -0.25) is 4.79 Å². The van der Waals surface area contributed by atoms with Gasteiger partial charge < -0.3 is 14.8 Å². The zero-order chi connectivity index (χ0) is 15.8. The monoisotopic (exact) mass is 303 g/mol. The van der Waals surface area contributed by atoms with E-state index in [1.807, 2.05) is 39.0 Å². The number of rotatable bonds is 3. The molecule has 22 heavy (non-hydrogen) atoms. The number of ether oxygens (including phenoxy) is 2. The van der Waals surface area contributed by atoms with Crippen LogP contribution >= 0.6 is 0 Å². The fourth-order valence-electron chi connectivity index (χ4n) is 2.93. The van der Waals surface area contributed by atoms with E-state index in [4.69, 9.17) is 9.47 Å². The van der Waals surface area contributed by atoms with Gasteiger partial charge >= 0.3 is 0 Å². The van der Waals surface area contributed by atoms with E-state index in [2.05, 4.69) is 5.32 Å². The minimum atomic E-state index is -0.466. The second-order valence-electron chi connectivity index (χ2n) is 7.03. The van der Waals surface area contributed by atoms with Crippen molar-refractivity contribution in [2.24, 2.45) is 5.41 Å². The van der Waals surface area contributed by atoms with E-state index in [0.29, 0.717) is 0 Å². The quantitative estimate of drug-likeness (QED) is 0.894. The largest absolute Gasteiger partial charge is 0.448 e. The number of anilines is 1. The fraction of sp³-hybridized carbons (Fsp3) is 0.611. The number of hydrogen-bond acceptors (Lipinski definition) is 3. The minimum Gasteiger partial charge on any atom is -0.448 e. The van der Waals surface area contributed by atoms with Gasteiger partial charge in [0.2, 0.25) is 5.91 Å². The SMILES string of the molecule is CCC(C)(C)C(=O)Nc1ccc2c(c1)OC1(CCCCC1)O2. The number of nitrogens with one attached hydrogen (secondary N) is 1. The van der Waals surface area contributed by atoms with Gasteiger partial charge in [0.15, 0.2) is 11.5 Å². The first kappa shape index (κ1) is 15.2. The highest BCUT2D eigenvalue weighted by Gasteiger charge is 2.42. The van der Waals surface area contributed by atoms with Gasteiger partial charge in [-0.05, 0) is 31.4 Å². The lowest BCUT2D eigenvalue weighted by atomic mass is 9.89. The Bertz CT molecular complexity index is 574. The molecule has 1 aliphatic heterocycles. The van der Waals surface area contributed by atoms with E-state index in [1.54, 1.807) is 0 Å². The van der Waals surface area contributed by atoms with Crippen molar-refractivity contribution >= 4 is 11.6 Å². The highest BCUT2D eigenvalue weighted by atomic mass is 16.7. The van der Waals surface area contributed by atoms with Gasteiger partial charge in [0, 0.05) is 30.0 Å². The number of carbonyl (C=O) groups excluding carboxylic acids is 1. The lowest BCUT2D eigenvalue weighted by molar-refractivity contribution is -0.124. The highest BCUT2D eigenvalue weighted by molar-refractivity contribution is 5.95. The molecule has 4 heteroatoms. The molecule has 1 amide bonds. The van der Waals surface area contributed by atoms with Crippen molar-refractivity contribution in [3.63, 3.8) is 0 Å². The van der Waals surface area contributed by atoms with Crippen LogP contribution in [0.1, 0.15) is 59.3 Å². The number of carbonyl (C=O) groups is 1. The number of fused-ring (bicyclic) bond motifs is 1. The van der Waals surface area contributed by atoms with E-state index in [0.717, 1.165) is 49.3 Å². The van der Waals surface area contributed by atoms with Crippen molar-refractivity contribution in [2.45, 2.75) is 65.1 Å². The summed E-state index contributed by atoms with van der Waals surface area (Å²) in [6.45, 7) is 5.92. The summed E-state index contributed by atoms with van der Waals surface area (Å²) in [4.78, 5) is 12.3. The fourth-order valence-corrected chi connectivity index (χ4v) is 2.93. The Hall–Kier alpha value is -1.71. The molecule has 0 unspecified atom stereocenters.